The maximum absolute atomic E-state index is 12.2. The fourth-order valence-corrected chi connectivity index (χ4v) is 3.31. The molecule has 0 atom stereocenters. The Morgan fingerprint density at radius 1 is 1.19 bits per heavy atom. The normalized spacial score (nSPS) is 11.0. The van der Waals surface area contributed by atoms with Crippen LogP contribution in [0.25, 0.3) is 0 Å². The number of nitrogens with zero attached hydrogens (tertiary/aromatic N) is 1. The summed E-state index contributed by atoms with van der Waals surface area (Å²) in [6.07, 6.45) is 0.579. The van der Waals surface area contributed by atoms with Gasteiger partial charge in [-0.05, 0) is 18.6 Å². The summed E-state index contributed by atoms with van der Waals surface area (Å²) in [7, 11) is 0.0582. The van der Waals surface area contributed by atoms with Crippen LogP contribution in [0, 0.1) is 0 Å². The van der Waals surface area contributed by atoms with Gasteiger partial charge in [-0.2, -0.15) is 0 Å². The molecular formula is C14H23N3O3S. The van der Waals surface area contributed by atoms with Crippen LogP contribution in [0.1, 0.15) is 13.3 Å². The molecule has 1 aromatic rings. The van der Waals surface area contributed by atoms with Crippen LogP contribution in [-0.4, -0.2) is 52.3 Å². The van der Waals surface area contributed by atoms with Crippen molar-refractivity contribution < 1.29 is 13.2 Å². The molecule has 0 unspecified atom stereocenters. The first kappa shape index (κ1) is 17.3. The van der Waals surface area contributed by atoms with Crippen molar-refractivity contribution in [2.75, 3.05) is 38.3 Å². The lowest BCUT2D eigenvalue weighted by atomic mass is 10.3. The van der Waals surface area contributed by atoms with Crippen LogP contribution < -0.4 is 10.6 Å². The molecule has 21 heavy (non-hydrogen) atoms. The summed E-state index contributed by atoms with van der Waals surface area (Å²) in [6.45, 7) is 2.71. The second kappa shape index (κ2) is 7.87. The second-order valence-corrected chi connectivity index (χ2v) is 6.95. The van der Waals surface area contributed by atoms with Gasteiger partial charge in [-0.1, -0.05) is 19.1 Å². The highest BCUT2D eigenvalue weighted by Gasteiger charge is 2.16. The van der Waals surface area contributed by atoms with Crippen molar-refractivity contribution in [3.05, 3.63) is 24.3 Å². The van der Waals surface area contributed by atoms with E-state index >= 15 is 0 Å². The Bertz CT molecular complexity index is 571. The zero-order valence-corrected chi connectivity index (χ0v) is 13.5. The van der Waals surface area contributed by atoms with Crippen LogP contribution in [-0.2, 0) is 9.84 Å². The largest absolute Gasteiger partial charge is 0.382 e. The summed E-state index contributed by atoms with van der Waals surface area (Å²) in [5, 5.41) is 5.77. The van der Waals surface area contributed by atoms with Gasteiger partial charge in [0, 0.05) is 27.2 Å². The highest BCUT2D eigenvalue weighted by Crippen LogP contribution is 2.22. The molecule has 6 nitrogen and oxygen atoms in total. The van der Waals surface area contributed by atoms with Gasteiger partial charge in [-0.15, -0.1) is 0 Å². The van der Waals surface area contributed by atoms with Gasteiger partial charge in [-0.3, -0.25) is 0 Å². The van der Waals surface area contributed by atoms with E-state index in [4.69, 9.17) is 0 Å². The molecule has 0 aliphatic carbocycles. The van der Waals surface area contributed by atoms with E-state index in [0.29, 0.717) is 30.1 Å². The molecule has 0 fully saturated rings. The maximum atomic E-state index is 12.2. The summed E-state index contributed by atoms with van der Waals surface area (Å²) in [4.78, 5) is 13.1. The summed E-state index contributed by atoms with van der Waals surface area (Å²) in [5.74, 6) is 0.128. The second-order valence-electron chi connectivity index (χ2n) is 4.87. The van der Waals surface area contributed by atoms with Crippen LogP contribution in [0.5, 0.6) is 0 Å². The summed E-state index contributed by atoms with van der Waals surface area (Å²) >= 11 is 0. The van der Waals surface area contributed by atoms with Gasteiger partial charge in [0.15, 0.2) is 9.84 Å². The summed E-state index contributed by atoms with van der Waals surface area (Å²) in [5.41, 5.74) is 0.574. The molecule has 7 heteroatoms. The predicted molar refractivity (Wildman–Crippen MR) is 84.4 cm³/mol. The van der Waals surface area contributed by atoms with Crippen LogP contribution in [0.3, 0.4) is 0 Å². The van der Waals surface area contributed by atoms with Gasteiger partial charge in [0.05, 0.1) is 16.3 Å². The zero-order chi connectivity index (χ0) is 15.9. The average molecular weight is 313 g/mol. The monoisotopic (exact) mass is 313 g/mol. The van der Waals surface area contributed by atoms with E-state index in [1.165, 1.54) is 4.90 Å². The van der Waals surface area contributed by atoms with Gasteiger partial charge >= 0.3 is 6.03 Å². The molecule has 118 valence electrons. The summed E-state index contributed by atoms with van der Waals surface area (Å²) < 4.78 is 24.3. The first-order valence-corrected chi connectivity index (χ1v) is 8.54. The molecule has 0 spiro atoms. The molecule has 2 N–H and O–H groups in total. The van der Waals surface area contributed by atoms with Crippen molar-refractivity contribution >= 4 is 21.6 Å². The minimum atomic E-state index is -3.27. The number of para-hydroxylation sites is 1. The number of carbonyl (C=O) groups is 1. The van der Waals surface area contributed by atoms with Gasteiger partial charge in [0.25, 0.3) is 0 Å². The Morgan fingerprint density at radius 2 is 1.86 bits per heavy atom. The number of sulfone groups is 1. The number of amides is 2. The van der Waals surface area contributed by atoms with Crippen LogP contribution in [0.15, 0.2) is 29.2 Å². The number of carbonyl (C=O) groups excluding carboxylic acids is 1. The van der Waals surface area contributed by atoms with Gasteiger partial charge in [0.2, 0.25) is 0 Å². The third-order valence-electron chi connectivity index (χ3n) is 2.82. The zero-order valence-electron chi connectivity index (χ0n) is 12.7. The number of hydrogen-bond donors (Lipinski definition) is 2. The molecule has 0 saturated carbocycles. The lowest BCUT2D eigenvalue weighted by molar-refractivity contribution is 0.218. The van der Waals surface area contributed by atoms with Gasteiger partial charge in [-0.25, -0.2) is 13.2 Å². The Hall–Kier alpha value is -1.76. The van der Waals surface area contributed by atoms with E-state index in [-0.39, 0.29) is 11.8 Å². The Labute approximate surface area is 126 Å². The smallest absolute Gasteiger partial charge is 0.316 e. The minimum absolute atomic E-state index is 0.128. The number of hydrogen-bond acceptors (Lipinski definition) is 4. The highest BCUT2D eigenvalue weighted by molar-refractivity contribution is 7.91. The third kappa shape index (κ3) is 5.26. The summed E-state index contributed by atoms with van der Waals surface area (Å²) in [6, 6.07) is 6.65. The molecule has 0 heterocycles. The molecule has 2 amide bonds. The van der Waals surface area contributed by atoms with E-state index in [1.807, 2.05) is 6.92 Å². The van der Waals surface area contributed by atoms with Crippen molar-refractivity contribution in [2.24, 2.45) is 0 Å². The van der Waals surface area contributed by atoms with E-state index in [9.17, 15) is 13.2 Å². The van der Waals surface area contributed by atoms with Crippen molar-refractivity contribution in [2.45, 2.75) is 18.2 Å². The number of urea groups is 1. The van der Waals surface area contributed by atoms with Gasteiger partial charge in [0.1, 0.15) is 0 Å². The lowest BCUT2D eigenvalue weighted by Gasteiger charge is -2.14. The molecule has 0 radical (unpaired) electrons. The van der Waals surface area contributed by atoms with E-state index < -0.39 is 9.84 Å². The lowest BCUT2D eigenvalue weighted by Crippen LogP contribution is -2.37. The standard InChI is InChI=1S/C14H23N3O3S/c1-4-11-21(19,20)13-8-6-5-7-12(13)15-9-10-16-14(18)17(2)3/h5-8,15H,4,9-11H2,1-3H3,(H,16,18). The van der Waals surface area contributed by atoms with Gasteiger partial charge < -0.3 is 15.5 Å². The molecule has 0 aliphatic rings. The fourth-order valence-electron chi connectivity index (χ4n) is 1.79. The number of nitrogens with one attached hydrogen (secondary N) is 2. The van der Waals surface area contributed by atoms with E-state index in [0.717, 1.165) is 0 Å². The average Bonchev–Trinajstić information content (AvgIpc) is 2.43. The third-order valence-corrected chi connectivity index (χ3v) is 4.79. The predicted octanol–water partition coefficient (Wildman–Crippen LogP) is 1.55. The first-order valence-electron chi connectivity index (χ1n) is 6.89. The molecule has 1 rings (SSSR count). The number of benzene rings is 1. The minimum Gasteiger partial charge on any atom is -0.382 e. The molecule has 1 aromatic carbocycles. The fraction of sp³-hybridized carbons (Fsp3) is 0.500. The Balaban J connectivity index is 2.66. The first-order chi connectivity index (χ1) is 9.88. The van der Waals surface area contributed by atoms with Crippen molar-refractivity contribution in [1.82, 2.24) is 10.2 Å². The van der Waals surface area contributed by atoms with Crippen molar-refractivity contribution in [3.8, 4) is 0 Å². The van der Waals surface area contributed by atoms with Crippen molar-refractivity contribution in [3.63, 3.8) is 0 Å². The Kier molecular flexibility index (Phi) is 6.48. The van der Waals surface area contributed by atoms with Crippen LogP contribution in [0.4, 0.5) is 10.5 Å². The van der Waals surface area contributed by atoms with Crippen molar-refractivity contribution in [1.29, 1.82) is 0 Å². The molecule has 0 aliphatic heterocycles. The number of anilines is 1. The SMILES string of the molecule is CCCS(=O)(=O)c1ccccc1NCCNC(=O)N(C)C. The molecular weight excluding hydrogens is 290 g/mol. The quantitative estimate of drug-likeness (QED) is 0.749. The van der Waals surface area contributed by atoms with Crippen LogP contribution in [0.2, 0.25) is 0 Å². The molecule has 0 aromatic heterocycles. The highest BCUT2D eigenvalue weighted by atomic mass is 32.2. The van der Waals surface area contributed by atoms with Crippen LogP contribution >= 0.6 is 0 Å². The molecule has 0 bridgehead atoms. The molecule has 0 saturated heterocycles. The maximum Gasteiger partial charge on any atom is 0.316 e. The number of rotatable bonds is 7. The topological polar surface area (TPSA) is 78.5 Å². The van der Waals surface area contributed by atoms with E-state index in [2.05, 4.69) is 10.6 Å². The van der Waals surface area contributed by atoms with E-state index in [1.54, 1.807) is 38.4 Å². The Morgan fingerprint density at radius 3 is 2.48 bits per heavy atom.